The Bertz CT molecular complexity index is 652. The molecule has 0 radical (unpaired) electrons. The molecule has 0 spiro atoms. The number of carboxylic acid groups (broad SMARTS) is 1. The van der Waals surface area contributed by atoms with Crippen molar-refractivity contribution >= 4 is 40.5 Å². The molecule has 1 aromatic heterocycles. The molecule has 0 saturated carbocycles. The Morgan fingerprint density at radius 2 is 2.10 bits per heavy atom. The van der Waals surface area contributed by atoms with Gasteiger partial charge < -0.3 is 9.84 Å². The van der Waals surface area contributed by atoms with Crippen molar-refractivity contribution < 1.29 is 14.6 Å². The molecule has 1 heterocycles. The predicted octanol–water partition coefficient (Wildman–Crippen LogP) is 5.28. The maximum atomic E-state index is 11.3. The van der Waals surface area contributed by atoms with Gasteiger partial charge in [-0.2, -0.15) is 0 Å². The summed E-state index contributed by atoms with van der Waals surface area (Å²) in [5, 5.41) is 10.3. The third kappa shape index (κ3) is 4.13. The Balaban J connectivity index is 2.18. The zero-order chi connectivity index (χ0) is 15.4. The second kappa shape index (κ2) is 7.16. The van der Waals surface area contributed by atoms with E-state index in [0.717, 1.165) is 23.3 Å². The summed E-state index contributed by atoms with van der Waals surface area (Å²) in [7, 11) is 0. The molecule has 0 atom stereocenters. The minimum absolute atomic E-state index is 0.183. The summed E-state index contributed by atoms with van der Waals surface area (Å²) in [6, 6.07) is 6.89. The number of halogens is 2. The Labute approximate surface area is 137 Å². The lowest BCUT2D eigenvalue weighted by atomic mass is 10.2. The van der Waals surface area contributed by atoms with Crippen LogP contribution in [0.25, 0.3) is 0 Å². The van der Waals surface area contributed by atoms with Crippen molar-refractivity contribution in [3.63, 3.8) is 0 Å². The van der Waals surface area contributed by atoms with Gasteiger partial charge in [0.2, 0.25) is 0 Å². The number of carboxylic acids is 1. The van der Waals surface area contributed by atoms with Crippen LogP contribution in [0.4, 0.5) is 0 Å². The van der Waals surface area contributed by atoms with E-state index >= 15 is 0 Å². The summed E-state index contributed by atoms with van der Waals surface area (Å²) < 4.78 is 5.63. The summed E-state index contributed by atoms with van der Waals surface area (Å²) >= 11 is 13.2. The zero-order valence-electron chi connectivity index (χ0n) is 11.4. The molecule has 0 saturated heterocycles. The van der Waals surface area contributed by atoms with Gasteiger partial charge in [0.15, 0.2) is 4.88 Å². The highest BCUT2D eigenvalue weighted by molar-refractivity contribution is 7.14. The van der Waals surface area contributed by atoms with Crippen molar-refractivity contribution in [2.45, 2.75) is 26.4 Å². The number of benzene rings is 1. The highest BCUT2D eigenvalue weighted by Gasteiger charge is 2.17. The van der Waals surface area contributed by atoms with Crippen LogP contribution in [0.3, 0.4) is 0 Å². The van der Waals surface area contributed by atoms with E-state index in [-0.39, 0.29) is 11.5 Å². The molecule has 0 aliphatic rings. The van der Waals surface area contributed by atoms with Gasteiger partial charge in [-0.15, -0.1) is 11.3 Å². The Morgan fingerprint density at radius 1 is 1.33 bits per heavy atom. The minimum Gasteiger partial charge on any atom is -0.487 e. The Kier molecular flexibility index (Phi) is 5.51. The first-order chi connectivity index (χ1) is 10.0. The molecule has 112 valence electrons. The van der Waals surface area contributed by atoms with Gasteiger partial charge in [-0.25, -0.2) is 4.79 Å². The molecule has 6 heteroatoms. The fourth-order valence-corrected chi connectivity index (χ4v) is 3.26. The molecule has 21 heavy (non-hydrogen) atoms. The first-order valence-corrected chi connectivity index (χ1v) is 8.01. The number of aryl methyl sites for hydroxylation is 1. The molecule has 1 aromatic carbocycles. The molecule has 1 N–H and O–H groups in total. The average molecular weight is 345 g/mol. The smallest absolute Gasteiger partial charge is 0.349 e. The van der Waals surface area contributed by atoms with Crippen LogP contribution in [-0.4, -0.2) is 11.1 Å². The minimum atomic E-state index is -0.977. The second-order valence-corrected chi connectivity index (χ2v) is 6.47. The number of carbonyl (C=O) groups is 1. The Hall–Kier alpha value is -1.23. The number of ether oxygens (including phenoxy) is 1. The van der Waals surface area contributed by atoms with E-state index in [9.17, 15) is 9.90 Å². The topological polar surface area (TPSA) is 46.5 Å². The van der Waals surface area contributed by atoms with E-state index in [4.69, 9.17) is 27.9 Å². The largest absolute Gasteiger partial charge is 0.487 e. The van der Waals surface area contributed by atoms with Crippen LogP contribution >= 0.6 is 34.5 Å². The molecule has 0 amide bonds. The molecule has 0 fully saturated rings. The molecule has 0 aliphatic heterocycles. The number of rotatable bonds is 6. The first-order valence-electron chi connectivity index (χ1n) is 6.44. The quantitative estimate of drug-likeness (QED) is 0.774. The summed E-state index contributed by atoms with van der Waals surface area (Å²) in [4.78, 5) is 12.5. The van der Waals surface area contributed by atoms with Crippen molar-refractivity contribution in [1.82, 2.24) is 0 Å². The van der Waals surface area contributed by atoms with Crippen molar-refractivity contribution in [2.24, 2.45) is 0 Å². The van der Waals surface area contributed by atoms with Crippen molar-refractivity contribution in [1.29, 1.82) is 0 Å². The first kappa shape index (κ1) is 16.1. The van der Waals surface area contributed by atoms with Crippen LogP contribution < -0.4 is 4.74 Å². The van der Waals surface area contributed by atoms with Gasteiger partial charge in [-0.1, -0.05) is 36.5 Å². The molecule has 3 nitrogen and oxygen atoms in total. The molecular weight excluding hydrogens is 331 g/mol. The van der Waals surface area contributed by atoms with Crippen LogP contribution in [0.2, 0.25) is 10.0 Å². The van der Waals surface area contributed by atoms with E-state index in [1.165, 1.54) is 11.3 Å². The molecule has 2 rings (SSSR count). The van der Waals surface area contributed by atoms with Gasteiger partial charge in [-0.05, 0) is 30.7 Å². The zero-order valence-corrected chi connectivity index (χ0v) is 13.7. The van der Waals surface area contributed by atoms with Crippen LogP contribution in [-0.2, 0) is 13.0 Å². The van der Waals surface area contributed by atoms with Crippen molar-refractivity contribution in [3.8, 4) is 5.75 Å². The molecule has 2 aromatic rings. The van der Waals surface area contributed by atoms with Gasteiger partial charge in [0.1, 0.15) is 12.4 Å². The summed E-state index contributed by atoms with van der Waals surface area (Å²) in [6.07, 6.45) is 1.80. The predicted molar refractivity (Wildman–Crippen MR) is 86.1 cm³/mol. The standard InChI is InChI=1S/C15H14Cl2O3S/c1-2-3-11-7-13(14(21-11)15(18)19)20-8-9-6-10(16)4-5-12(9)17/h4-7H,2-3,8H2,1H3,(H,18,19). The lowest BCUT2D eigenvalue weighted by molar-refractivity contribution is 0.0697. The van der Waals surface area contributed by atoms with Crippen LogP contribution in [0.15, 0.2) is 24.3 Å². The molecule has 0 unspecified atom stereocenters. The van der Waals surface area contributed by atoms with Crippen LogP contribution in [0, 0.1) is 0 Å². The van der Waals surface area contributed by atoms with Crippen LogP contribution in [0.5, 0.6) is 5.75 Å². The number of hydrogen-bond acceptors (Lipinski definition) is 3. The van der Waals surface area contributed by atoms with Gasteiger partial charge >= 0.3 is 5.97 Å². The second-order valence-electron chi connectivity index (χ2n) is 4.49. The lowest BCUT2D eigenvalue weighted by Gasteiger charge is -2.07. The average Bonchev–Trinajstić information content (AvgIpc) is 2.83. The van der Waals surface area contributed by atoms with Crippen molar-refractivity contribution in [2.75, 3.05) is 0 Å². The highest BCUT2D eigenvalue weighted by Crippen LogP contribution is 2.32. The fourth-order valence-electron chi connectivity index (χ4n) is 1.86. The number of thiophene rings is 1. The van der Waals surface area contributed by atoms with Gasteiger partial charge in [0.25, 0.3) is 0 Å². The maximum absolute atomic E-state index is 11.3. The maximum Gasteiger partial charge on any atom is 0.349 e. The summed E-state index contributed by atoms with van der Waals surface area (Å²) in [5.41, 5.74) is 0.726. The highest BCUT2D eigenvalue weighted by atomic mass is 35.5. The van der Waals surface area contributed by atoms with E-state index in [0.29, 0.717) is 15.8 Å². The Morgan fingerprint density at radius 3 is 2.76 bits per heavy atom. The van der Waals surface area contributed by atoms with Crippen molar-refractivity contribution in [3.05, 3.63) is 49.6 Å². The van der Waals surface area contributed by atoms with Gasteiger partial charge in [-0.3, -0.25) is 0 Å². The molecule has 0 bridgehead atoms. The molecular formula is C15H14Cl2O3S. The number of aromatic carboxylic acids is 1. The third-order valence-electron chi connectivity index (χ3n) is 2.83. The van der Waals surface area contributed by atoms with Gasteiger partial charge in [0, 0.05) is 20.5 Å². The lowest BCUT2D eigenvalue weighted by Crippen LogP contribution is -2.00. The summed E-state index contributed by atoms with van der Waals surface area (Å²) in [6.45, 7) is 2.23. The third-order valence-corrected chi connectivity index (χ3v) is 4.60. The van der Waals surface area contributed by atoms with E-state index in [1.807, 2.05) is 6.92 Å². The summed E-state index contributed by atoms with van der Waals surface area (Å²) in [5.74, 6) is -0.596. The molecule has 0 aliphatic carbocycles. The fraction of sp³-hybridized carbons (Fsp3) is 0.267. The number of hydrogen-bond donors (Lipinski definition) is 1. The SMILES string of the molecule is CCCc1cc(OCc2cc(Cl)ccc2Cl)c(C(=O)O)s1. The van der Waals surface area contributed by atoms with Crippen LogP contribution in [0.1, 0.15) is 33.5 Å². The van der Waals surface area contributed by atoms with E-state index < -0.39 is 5.97 Å². The van der Waals surface area contributed by atoms with E-state index in [2.05, 4.69) is 0 Å². The van der Waals surface area contributed by atoms with Gasteiger partial charge in [0.05, 0.1) is 0 Å². The normalized spacial score (nSPS) is 10.6. The van der Waals surface area contributed by atoms with E-state index in [1.54, 1.807) is 24.3 Å². The monoisotopic (exact) mass is 344 g/mol.